The van der Waals surface area contributed by atoms with Crippen molar-refractivity contribution in [2.24, 2.45) is 0 Å². The Labute approximate surface area is 127 Å². The monoisotopic (exact) mass is 310 g/mol. The first kappa shape index (κ1) is 15.2. The molecule has 2 heterocycles. The number of aromatic nitrogens is 1. The number of hydrogen-bond donors (Lipinski definition) is 2. The van der Waals surface area contributed by atoms with Crippen molar-refractivity contribution in [3.8, 4) is 10.6 Å². The van der Waals surface area contributed by atoms with Crippen LogP contribution in [-0.4, -0.2) is 30.5 Å². The first-order valence-electron chi connectivity index (χ1n) is 6.80. The maximum Gasteiger partial charge on any atom is 0.275 e. The second kappa shape index (κ2) is 7.52. The summed E-state index contributed by atoms with van der Waals surface area (Å²) >= 11 is 3.36. The van der Waals surface area contributed by atoms with Crippen molar-refractivity contribution in [3.63, 3.8) is 0 Å². The van der Waals surface area contributed by atoms with Crippen LogP contribution < -0.4 is 10.2 Å². The minimum atomic E-state index is 0.109. The summed E-state index contributed by atoms with van der Waals surface area (Å²) in [4.78, 5) is 17.5. The average Bonchev–Trinajstić information content (AvgIpc) is 3.08. The van der Waals surface area contributed by atoms with E-state index in [1.807, 2.05) is 6.92 Å². The smallest absolute Gasteiger partial charge is 0.275 e. The number of hydrogen-bond acceptors (Lipinski definition) is 4. The molecule has 6 heteroatoms. The highest BCUT2D eigenvalue weighted by Crippen LogP contribution is 2.25. The van der Waals surface area contributed by atoms with Crippen LogP contribution >= 0.6 is 22.7 Å². The van der Waals surface area contributed by atoms with Crippen molar-refractivity contribution in [2.75, 3.05) is 19.6 Å². The molecule has 108 valence electrons. The molecule has 0 spiro atoms. The summed E-state index contributed by atoms with van der Waals surface area (Å²) in [5.74, 6) is 0.109. The SMILES string of the molecule is CCNC(=O)C[NH+](CC)Cc1csc(-c2ccsc2)n1. The van der Waals surface area contributed by atoms with E-state index in [-0.39, 0.29) is 5.91 Å². The molecule has 0 bridgehead atoms. The Hall–Kier alpha value is -1.24. The number of thiophene rings is 1. The van der Waals surface area contributed by atoms with Crippen LogP contribution in [0.1, 0.15) is 19.5 Å². The van der Waals surface area contributed by atoms with Gasteiger partial charge in [-0.05, 0) is 25.3 Å². The quantitative estimate of drug-likeness (QED) is 0.812. The number of carbonyl (C=O) groups is 1. The molecular formula is C14H20N3OS2+. The molecule has 0 radical (unpaired) electrons. The first-order chi connectivity index (χ1) is 9.72. The maximum atomic E-state index is 11.6. The highest BCUT2D eigenvalue weighted by molar-refractivity contribution is 7.14. The molecule has 1 unspecified atom stereocenters. The minimum absolute atomic E-state index is 0.109. The van der Waals surface area contributed by atoms with Crippen LogP contribution in [0.2, 0.25) is 0 Å². The summed E-state index contributed by atoms with van der Waals surface area (Å²) in [6, 6.07) is 2.09. The molecule has 0 saturated carbocycles. The Balaban J connectivity index is 1.96. The highest BCUT2D eigenvalue weighted by Gasteiger charge is 2.14. The van der Waals surface area contributed by atoms with Crippen molar-refractivity contribution in [1.29, 1.82) is 0 Å². The van der Waals surface area contributed by atoms with E-state index < -0.39 is 0 Å². The Morgan fingerprint density at radius 2 is 2.25 bits per heavy atom. The molecule has 2 N–H and O–H groups in total. The van der Waals surface area contributed by atoms with Gasteiger partial charge in [0.1, 0.15) is 17.2 Å². The zero-order chi connectivity index (χ0) is 14.4. The fraction of sp³-hybridized carbons (Fsp3) is 0.429. The number of nitrogens with zero attached hydrogens (tertiary/aromatic N) is 1. The van der Waals surface area contributed by atoms with Crippen LogP contribution in [-0.2, 0) is 11.3 Å². The minimum Gasteiger partial charge on any atom is -0.351 e. The fourth-order valence-electron chi connectivity index (χ4n) is 1.96. The van der Waals surface area contributed by atoms with Gasteiger partial charge < -0.3 is 10.2 Å². The van der Waals surface area contributed by atoms with Crippen LogP contribution in [0.15, 0.2) is 22.2 Å². The van der Waals surface area contributed by atoms with E-state index >= 15 is 0 Å². The average molecular weight is 310 g/mol. The van der Waals surface area contributed by atoms with Crippen molar-refractivity contribution in [2.45, 2.75) is 20.4 Å². The molecule has 0 aliphatic rings. The normalized spacial score (nSPS) is 12.3. The summed E-state index contributed by atoms with van der Waals surface area (Å²) in [7, 11) is 0. The summed E-state index contributed by atoms with van der Waals surface area (Å²) in [6.07, 6.45) is 0. The standard InChI is InChI=1S/C14H19N3OS2/c1-3-15-13(18)8-17(4-2)7-12-10-20-14(16-12)11-5-6-19-9-11/h5-6,9-10H,3-4,7-8H2,1-2H3,(H,15,18)/p+1. The van der Waals surface area contributed by atoms with E-state index in [4.69, 9.17) is 0 Å². The molecular weight excluding hydrogens is 290 g/mol. The second-order valence-corrected chi connectivity index (χ2v) is 6.20. The number of likely N-dealkylation sites (N-methyl/N-ethyl adjacent to an activating group) is 2. The number of carbonyl (C=O) groups excluding carboxylic acids is 1. The van der Waals surface area contributed by atoms with Gasteiger partial charge in [-0.3, -0.25) is 4.79 Å². The van der Waals surface area contributed by atoms with E-state index in [0.717, 1.165) is 23.8 Å². The fourth-order valence-corrected chi connectivity index (χ4v) is 3.49. The topological polar surface area (TPSA) is 46.4 Å². The van der Waals surface area contributed by atoms with Crippen molar-refractivity contribution in [1.82, 2.24) is 10.3 Å². The number of quaternary nitrogens is 1. The molecule has 0 aliphatic carbocycles. The lowest BCUT2D eigenvalue weighted by molar-refractivity contribution is -0.904. The zero-order valence-electron chi connectivity index (χ0n) is 11.8. The second-order valence-electron chi connectivity index (χ2n) is 4.57. The van der Waals surface area contributed by atoms with Gasteiger partial charge in [-0.15, -0.1) is 11.3 Å². The third-order valence-electron chi connectivity index (χ3n) is 3.04. The van der Waals surface area contributed by atoms with E-state index in [9.17, 15) is 4.79 Å². The van der Waals surface area contributed by atoms with E-state index in [1.165, 1.54) is 10.5 Å². The Morgan fingerprint density at radius 1 is 1.40 bits per heavy atom. The predicted octanol–water partition coefficient (Wildman–Crippen LogP) is 1.41. The van der Waals surface area contributed by atoms with Gasteiger partial charge in [0.2, 0.25) is 0 Å². The van der Waals surface area contributed by atoms with E-state index in [1.54, 1.807) is 22.7 Å². The molecule has 0 saturated heterocycles. The van der Waals surface area contributed by atoms with E-state index in [0.29, 0.717) is 13.1 Å². The van der Waals surface area contributed by atoms with Gasteiger partial charge in [-0.2, -0.15) is 11.3 Å². The molecule has 4 nitrogen and oxygen atoms in total. The van der Waals surface area contributed by atoms with Crippen LogP contribution in [0, 0.1) is 0 Å². The lowest BCUT2D eigenvalue weighted by Crippen LogP contribution is -3.11. The van der Waals surface area contributed by atoms with Gasteiger partial charge in [0.05, 0.1) is 6.54 Å². The molecule has 20 heavy (non-hydrogen) atoms. The van der Waals surface area contributed by atoms with Gasteiger partial charge >= 0.3 is 0 Å². The van der Waals surface area contributed by atoms with Crippen LogP contribution in [0.3, 0.4) is 0 Å². The number of amides is 1. The summed E-state index contributed by atoms with van der Waals surface area (Å²) < 4.78 is 0. The first-order valence-corrected chi connectivity index (χ1v) is 8.62. The molecule has 1 amide bonds. The van der Waals surface area contributed by atoms with Crippen LogP contribution in [0.4, 0.5) is 0 Å². The molecule has 2 aromatic heterocycles. The Morgan fingerprint density at radius 3 is 2.90 bits per heavy atom. The zero-order valence-corrected chi connectivity index (χ0v) is 13.4. The van der Waals surface area contributed by atoms with Crippen LogP contribution in [0.5, 0.6) is 0 Å². The summed E-state index contributed by atoms with van der Waals surface area (Å²) in [6.45, 7) is 6.96. The van der Waals surface area contributed by atoms with Gasteiger partial charge in [-0.1, -0.05) is 0 Å². The van der Waals surface area contributed by atoms with Gasteiger partial charge in [0, 0.05) is 22.9 Å². The predicted molar refractivity (Wildman–Crippen MR) is 84.2 cm³/mol. The highest BCUT2D eigenvalue weighted by atomic mass is 32.1. The van der Waals surface area contributed by atoms with Gasteiger partial charge in [0.15, 0.2) is 6.54 Å². The van der Waals surface area contributed by atoms with Crippen molar-refractivity contribution in [3.05, 3.63) is 27.9 Å². The largest absolute Gasteiger partial charge is 0.351 e. The number of thiazole rings is 1. The Bertz CT molecular complexity index is 536. The lowest BCUT2D eigenvalue weighted by Gasteiger charge is -2.15. The third-order valence-corrected chi connectivity index (χ3v) is 4.66. The third kappa shape index (κ3) is 4.13. The molecule has 0 fully saturated rings. The van der Waals surface area contributed by atoms with Crippen molar-refractivity contribution < 1.29 is 9.69 Å². The van der Waals surface area contributed by atoms with Crippen LogP contribution in [0.25, 0.3) is 10.6 Å². The molecule has 0 aliphatic heterocycles. The Kier molecular flexibility index (Phi) is 5.70. The number of nitrogens with one attached hydrogen (secondary N) is 2. The van der Waals surface area contributed by atoms with E-state index in [2.05, 4.69) is 39.4 Å². The summed E-state index contributed by atoms with van der Waals surface area (Å²) in [5.41, 5.74) is 2.25. The molecule has 1 atom stereocenters. The van der Waals surface area contributed by atoms with Gasteiger partial charge in [0.25, 0.3) is 5.91 Å². The molecule has 2 aromatic rings. The summed E-state index contributed by atoms with van der Waals surface area (Å²) in [5, 5.41) is 10.2. The maximum absolute atomic E-state index is 11.6. The van der Waals surface area contributed by atoms with Gasteiger partial charge in [-0.25, -0.2) is 4.98 Å². The lowest BCUT2D eigenvalue weighted by atomic mass is 10.3. The molecule has 0 aromatic carbocycles. The van der Waals surface area contributed by atoms with Crippen molar-refractivity contribution >= 4 is 28.6 Å². The molecule has 2 rings (SSSR count). The number of rotatable bonds is 7.